The zero-order valence-electron chi connectivity index (χ0n) is 17.1. The Labute approximate surface area is 156 Å². The highest BCUT2D eigenvalue weighted by atomic mass is 32.2. The molecular formula is C17H34N4O3S. The zero-order valence-corrected chi connectivity index (χ0v) is 17.9. The molecule has 0 aromatic carbocycles. The van der Waals surface area contributed by atoms with Gasteiger partial charge in [0.2, 0.25) is 0 Å². The fraction of sp³-hybridized carbons (Fsp3) is 0.941. The topological polar surface area (TPSA) is 85.0 Å². The minimum Gasteiger partial charge on any atom is -0.433 e. The minimum atomic E-state index is -0.687. The largest absolute Gasteiger partial charge is 0.508 e. The summed E-state index contributed by atoms with van der Waals surface area (Å²) in [6, 6.07) is 0. The van der Waals surface area contributed by atoms with Crippen LogP contribution in [0.4, 0.5) is 4.79 Å². The Morgan fingerprint density at radius 3 is 2.04 bits per heavy atom. The van der Waals surface area contributed by atoms with E-state index in [-0.39, 0.29) is 28.7 Å². The number of carbonyl (C=O) groups is 1. The maximum atomic E-state index is 11.6. The van der Waals surface area contributed by atoms with Crippen LogP contribution in [0.2, 0.25) is 0 Å². The van der Waals surface area contributed by atoms with E-state index in [2.05, 4.69) is 20.5 Å². The maximum absolute atomic E-state index is 11.6. The van der Waals surface area contributed by atoms with Gasteiger partial charge in [0.05, 0.1) is 17.6 Å². The van der Waals surface area contributed by atoms with Crippen LogP contribution in [0.1, 0.15) is 62.3 Å². The Morgan fingerprint density at radius 2 is 1.52 bits per heavy atom. The maximum Gasteiger partial charge on any atom is 0.508 e. The van der Waals surface area contributed by atoms with E-state index >= 15 is 0 Å². The average molecular weight is 375 g/mol. The van der Waals surface area contributed by atoms with Gasteiger partial charge in [-0.25, -0.2) is 4.79 Å². The Morgan fingerprint density at radius 1 is 0.960 bits per heavy atom. The van der Waals surface area contributed by atoms with Gasteiger partial charge in [-0.1, -0.05) is 0 Å². The molecule has 0 amide bonds. The third-order valence-corrected chi connectivity index (χ3v) is 3.52. The molecule has 0 aliphatic rings. The van der Waals surface area contributed by atoms with Gasteiger partial charge in [0.1, 0.15) is 17.6 Å². The first-order valence-corrected chi connectivity index (χ1v) is 9.49. The third kappa shape index (κ3) is 16.1. The average Bonchev–Trinajstić information content (AvgIpc) is 2.39. The molecule has 0 fully saturated rings. The predicted molar refractivity (Wildman–Crippen MR) is 103 cm³/mol. The van der Waals surface area contributed by atoms with Gasteiger partial charge in [-0.05, 0) is 62.3 Å². The molecule has 146 valence electrons. The van der Waals surface area contributed by atoms with Gasteiger partial charge in [-0.2, -0.15) is 20.5 Å². The molecule has 8 heteroatoms. The monoisotopic (exact) mass is 374 g/mol. The second-order valence-corrected chi connectivity index (χ2v) is 9.98. The Bertz CT molecular complexity index is 465. The van der Waals surface area contributed by atoms with E-state index in [4.69, 9.17) is 9.47 Å². The summed E-state index contributed by atoms with van der Waals surface area (Å²) in [5.74, 6) is 0.614. The second-order valence-electron chi connectivity index (χ2n) is 8.29. The summed E-state index contributed by atoms with van der Waals surface area (Å²) >= 11 is 1.57. The van der Waals surface area contributed by atoms with Crippen molar-refractivity contribution < 1.29 is 14.3 Å². The second kappa shape index (κ2) is 10.1. The van der Waals surface area contributed by atoms with Crippen molar-refractivity contribution in [3.05, 3.63) is 0 Å². The molecule has 0 N–H and O–H groups in total. The van der Waals surface area contributed by atoms with Crippen molar-refractivity contribution in [2.75, 3.05) is 18.9 Å². The normalized spacial score (nSPS) is 14.9. The Balaban J connectivity index is 4.04. The lowest BCUT2D eigenvalue weighted by Gasteiger charge is -2.20. The molecule has 0 bridgehead atoms. The molecule has 0 saturated heterocycles. The molecule has 0 saturated carbocycles. The quantitative estimate of drug-likeness (QED) is 0.319. The van der Waals surface area contributed by atoms with Crippen LogP contribution < -0.4 is 0 Å². The first-order chi connectivity index (χ1) is 11.2. The first kappa shape index (κ1) is 23.8. The van der Waals surface area contributed by atoms with Crippen molar-refractivity contribution in [1.82, 2.24) is 0 Å². The number of carbonyl (C=O) groups excluding carboxylic acids is 1. The van der Waals surface area contributed by atoms with Crippen LogP contribution in [0.5, 0.6) is 0 Å². The van der Waals surface area contributed by atoms with E-state index in [1.54, 1.807) is 18.7 Å². The van der Waals surface area contributed by atoms with E-state index in [0.29, 0.717) is 12.3 Å². The lowest BCUT2D eigenvalue weighted by Crippen LogP contribution is -2.21. The molecule has 0 aromatic rings. The van der Waals surface area contributed by atoms with Gasteiger partial charge in [0.15, 0.2) is 0 Å². The number of hydrogen-bond acceptors (Lipinski definition) is 8. The molecule has 0 aromatic heterocycles. The van der Waals surface area contributed by atoms with Crippen molar-refractivity contribution in [1.29, 1.82) is 0 Å². The Kier molecular flexibility index (Phi) is 9.61. The summed E-state index contributed by atoms with van der Waals surface area (Å²) in [5, 5.41) is 16.8. The fourth-order valence-electron chi connectivity index (χ4n) is 1.32. The van der Waals surface area contributed by atoms with Gasteiger partial charge >= 0.3 is 6.16 Å². The molecular weight excluding hydrogens is 340 g/mol. The molecule has 0 rings (SSSR count). The van der Waals surface area contributed by atoms with E-state index in [0.717, 1.165) is 0 Å². The number of thioether (sulfide) groups is 1. The summed E-state index contributed by atoms with van der Waals surface area (Å²) in [5.41, 5.74) is -0.423. The van der Waals surface area contributed by atoms with E-state index < -0.39 is 6.16 Å². The van der Waals surface area contributed by atoms with Crippen molar-refractivity contribution in [2.24, 2.45) is 20.5 Å². The SMILES string of the molecule is CC(CN=NC(C)(C)C)OC(=O)OCCSC(C)(C)N=NC(C)(C)C. The van der Waals surface area contributed by atoms with Gasteiger partial charge in [0.25, 0.3) is 0 Å². The van der Waals surface area contributed by atoms with E-state index in [1.807, 2.05) is 55.4 Å². The number of nitrogens with zero attached hydrogens (tertiary/aromatic N) is 4. The smallest absolute Gasteiger partial charge is 0.433 e. The summed E-state index contributed by atoms with van der Waals surface area (Å²) in [4.78, 5) is 11.3. The standard InChI is InChI=1S/C17H34N4O3S/c1-13(12-18-19-15(2,3)4)24-14(22)23-10-11-25-17(8,9)21-20-16(5,6)7/h13H,10-12H2,1-9H3. The molecule has 7 nitrogen and oxygen atoms in total. The molecule has 1 unspecified atom stereocenters. The van der Waals surface area contributed by atoms with E-state index in [9.17, 15) is 4.79 Å². The van der Waals surface area contributed by atoms with Crippen molar-refractivity contribution in [3.8, 4) is 0 Å². The molecule has 1 atom stereocenters. The number of ether oxygens (including phenoxy) is 2. The lowest BCUT2D eigenvalue weighted by atomic mass is 10.1. The van der Waals surface area contributed by atoms with Gasteiger partial charge < -0.3 is 9.47 Å². The zero-order chi connectivity index (χ0) is 19.7. The molecule has 0 spiro atoms. The van der Waals surface area contributed by atoms with Crippen LogP contribution in [0, 0.1) is 0 Å². The molecule has 0 heterocycles. The van der Waals surface area contributed by atoms with Crippen LogP contribution >= 0.6 is 11.8 Å². The summed E-state index contributed by atoms with van der Waals surface area (Å²) < 4.78 is 10.2. The van der Waals surface area contributed by atoms with Crippen LogP contribution in [-0.4, -0.2) is 47.1 Å². The number of hydrogen-bond donors (Lipinski definition) is 0. The highest BCUT2D eigenvalue weighted by Crippen LogP contribution is 2.27. The van der Waals surface area contributed by atoms with Crippen molar-refractivity contribution >= 4 is 17.9 Å². The van der Waals surface area contributed by atoms with Crippen LogP contribution in [0.3, 0.4) is 0 Å². The van der Waals surface area contributed by atoms with E-state index in [1.165, 1.54) is 0 Å². The molecule has 0 aliphatic carbocycles. The lowest BCUT2D eigenvalue weighted by molar-refractivity contribution is 0.0351. The highest BCUT2D eigenvalue weighted by molar-refractivity contribution is 8.00. The summed E-state index contributed by atoms with van der Waals surface area (Å²) in [6.45, 7) is 18.2. The van der Waals surface area contributed by atoms with Crippen LogP contribution in [-0.2, 0) is 9.47 Å². The van der Waals surface area contributed by atoms with Crippen molar-refractivity contribution in [3.63, 3.8) is 0 Å². The molecule has 0 aliphatic heterocycles. The fourth-order valence-corrected chi connectivity index (χ4v) is 2.08. The van der Waals surface area contributed by atoms with Crippen LogP contribution in [0.15, 0.2) is 20.5 Å². The van der Waals surface area contributed by atoms with Gasteiger partial charge in [0, 0.05) is 5.75 Å². The summed E-state index contributed by atoms with van der Waals surface area (Å²) in [6.07, 6.45) is -1.06. The Hall–Kier alpha value is -1.18. The highest BCUT2D eigenvalue weighted by Gasteiger charge is 2.19. The first-order valence-electron chi connectivity index (χ1n) is 8.50. The predicted octanol–water partition coefficient (Wildman–Crippen LogP) is 5.50. The van der Waals surface area contributed by atoms with Gasteiger partial charge in [-0.3, -0.25) is 0 Å². The summed E-state index contributed by atoms with van der Waals surface area (Å²) in [7, 11) is 0. The number of rotatable bonds is 8. The van der Waals surface area contributed by atoms with Gasteiger partial charge in [-0.15, -0.1) is 11.8 Å². The molecule has 0 radical (unpaired) electrons. The third-order valence-electron chi connectivity index (χ3n) is 2.36. The minimum absolute atomic E-state index is 0.196. The number of azo groups is 2. The molecule has 25 heavy (non-hydrogen) atoms. The van der Waals surface area contributed by atoms with Crippen LogP contribution in [0.25, 0.3) is 0 Å². The van der Waals surface area contributed by atoms with Crippen molar-refractivity contribution in [2.45, 2.75) is 84.4 Å².